The molecular weight excluding hydrogens is 504 g/mol. The standard InChI is InChI=1S/C30H36O9/c1-34-24-14-12-23(13-15-24)18-37-30-28(38-19-35-16-21-8-4-2-5-9-21)26(32)25(31)27(33)29(30)39-20-36-17-22-10-6-3-7-11-22/h2-15,25-33H,16-20H2,1H3/t25?,26-,27+,28-,29-,30?/m1/s1. The second-order valence-corrected chi connectivity index (χ2v) is 9.26. The molecule has 1 saturated carbocycles. The highest BCUT2D eigenvalue weighted by atomic mass is 16.7. The molecule has 210 valence electrons. The summed E-state index contributed by atoms with van der Waals surface area (Å²) in [6, 6.07) is 26.5. The van der Waals surface area contributed by atoms with Crippen LogP contribution in [0.5, 0.6) is 5.75 Å². The van der Waals surface area contributed by atoms with E-state index in [9.17, 15) is 15.3 Å². The van der Waals surface area contributed by atoms with Crippen LogP contribution in [0.2, 0.25) is 0 Å². The second-order valence-electron chi connectivity index (χ2n) is 9.26. The van der Waals surface area contributed by atoms with Crippen LogP contribution in [-0.4, -0.2) is 72.6 Å². The van der Waals surface area contributed by atoms with Crippen molar-refractivity contribution in [2.24, 2.45) is 0 Å². The molecular formula is C30H36O9. The van der Waals surface area contributed by atoms with Crippen LogP contribution in [0.15, 0.2) is 84.9 Å². The van der Waals surface area contributed by atoms with Gasteiger partial charge in [-0.2, -0.15) is 0 Å². The van der Waals surface area contributed by atoms with Crippen molar-refractivity contribution in [1.29, 1.82) is 0 Å². The number of hydrogen-bond acceptors (Lipinski definition) is 9. The number of methoxy groups -OCH3 is 1. The minimum Gasteiger partial charge on any atom is -0.497 e. The molecule has 1 fully saturated rings. The van der Waals surface area contributed by atoms with Crippen LogP contribution in [0.4, 0.5) is 0 Å². The van der Waals surface area contributed by atoms with Crippen LogP contribution in [0.3, 0.4) is 0 Å². The number of aliphatic hydroxyl groups is 3. The molecule has 0 bridgehead atoms. The van der Waals surface area contributed by atoms with Gasteiger partial charge in [-0.25, -0.2) is 0 Å². The average Bonchev–Trinajstić information content (AvgIpc) is 2.98. The smallest absolute Gasteiger partial charge is 0.147 e. The summed E-state index contributed by atoms with van der Waals surface area (Å²) in [6.45, 7) is 0.413. The van der Waals surface area contributed by atoms with E-state index in [1.54, 1.807) is 7.11 Å². The molecule has 3 aromatic rings. The monoisotopic (exact) mass is 540 g/mol. The molecule has 1 aliphatic rings. The fourth-order valence-electron chi connectivity index (χ4n) is 4.38. The first-order valence-corrected chi connectivity index (χ1v) is 12.8. The molecule has 9 heteroatoms. The molecule has 3 N–H and O–H groups in total. The maximum absolute atomic E-state index is 10.8. The summed E-state index contributed by atoms with van der Waals surface area (Å²) in [5.74, 6) is 0.707. The van der Waals surface area contributed by atoms with E-state index in [1.165, 1.54) is 0 Å². The summed E-state index contributed by atoms with van der Waals surface area (Å²) in [6.07, 6.45) is -7.43. The Balaban J connectivity index is 1.42. The average molecular weight is 541 g/mol. The predicted octanol–water partition coefficient (Wildman–Crippen LogP) is 2.80. The number of rotatable bonds is 14. The van der Waals surface area contributed by atoms with Crippen molar-refractivity contribution in [3.05, 3.63) is 102 Å². The number of hydrogen-bond donors (Lipinski definition) is 3. The van der Waals surface area contributed by atoms with E-state index in [0.29, 0.717) is 19.0 Å². The third kappa shape index (κ3) is 8.31. The largest absolute Gasteiger partial charge is 0.497 e. The van der Waals surface area contributed by atoms with Gasteiger partial charge >= 0.3 is 0 Å². The first kappa shape index (κ1) is 29.1. The van der Waals surface area contributed by atoms with Gasteiger partial charge in [0.2, 0.25) is 0 Å². The van der Waals surface area contributed by atoms with E-state index in [-0.39, 0.29) is 20.2 Å². The zero-order valence-corrected chi connectivity index (χ0v) is 21.9. The van der Waals surface area contributed by atoms with Crippen LogP contribution in [0, 0.1) is 0 Å². The molecule has 0 aromatic heterocycles. The number of aliphatic hydroxyl groups excluding tert-OH is 3. The Bertz CT molecular complexity index is 1020. The first-order valence-electron chi connectivity index (χ1n) is 12.8. The Morgan fingerprint density at radius 1 is 0.513 bits per heavy atom. The molecule has 39 heavy (non-hydrogen) atoms. The van der Waals surface area contributed by atoms with Gasteiger partial charge in [0.15, 0.2) is 0 Å². The summed E-state index contributed by atoms with van der Waals surface area (Å²) in [5, 5.41) is 32.3. The van der Waals surface area contributed by atoms with Gasteiger partial charge in [0.1, 0.15) is 56.0 Å². The minimum atomic E-state index is -1.52. The third-order valence-electron chi connectivity index (χ3n) is 6.53. The molecule has 0 saturated heterocycles. The molecule has 6 atom stereocenters. The summed E-state index contributed by atoms with van der Waals surface area (Å²) in [5.41, 5.74) is 2.76. The molecule has 0 aliphatic heterocycles. The maximum Gasteiger partial charge on any atom is 0.147 e. The molecule has 0 radical (unpaired) electrons. The summed E-state index contributed by atoms with van der Waals surface area (Å²) in [7, 11) is 1.59. The molecule has 4 rings (SSSR count). The molecule has 0 heterocycles. The van der Waals surface area contributed by atoms with Crippen LogP contribution >= 0.6 is 0 Å². The van der Waals surface area contributed by atoms with Crippen LogP contribution < -0.4 is 4.74 Å². The van der Waals surface area contributed by atoms with Crippen molar-refractivity contribution in [2.45, 2.75) is 56.4 Å². The fraction of sp³-hybridized carbons (Fsp3) is 0.400. The van der Waals surface area contributed by atoms with Gasteiger partial charge in [-0.1, -0.05) is 72.8 Å². The highest BCUT2D eigenvalue weighted by Crippen LogP contribution is 2.29. The van der Waals surface area contributed by atoms with Gasteiger partial charge < -0.3 is 43.7 Å². The van der Waals surface area contributed by atoms with Crippen LogP contribution in [0.1, 0.15) is 16.7 Å². The third-order valence-corrected chi connectivity index (χ3v) is 6.53. The van der Waals surface area contributed by atoms with Crippen molar-refractivity contribution in [3.8, 4) is 5.75 Å². The molecule has 1 aliphatic carbocycles. The van der Waals surface area contributed by atoms with E-state index in [0.717, 1.165) is 16.7 Å². The van der Waals surface area contributed by atoms with E-state index in [4.69, 9.17) is 28.4 Å². The molecule has 2 unspecified atom stereocenters. The van der Waals surface area contributed by atoms with Crippen LogP contribution in [0.25, 0.3) is 0 Å². The van der Waals surface area contributed by atoms with E-state index < -0.39 is 36.6 Å². The highest BCUT2D eigenvalue weighted by Gasteiger charge is 2.51. The van der Waals surface area contributed by atoms with Crippen molar-refractivity contribution in [2.75, 3.05) is 20.7 Å². The Labute approximate surface area is 228 Å². The Morgan fingerprint density at radius 2 is 0.974 bits per heavy atom. The van der Waals surface area contributed by atoms with E-state index >= 15 is 0 Å². The predicted molar refractivity (Wildman–Crippen MR) is 142 cm³/mol. The van der Waals surface area contributed by atoms with E-state index in [2.05, 4.69) is 0 Å². The topological polar surface area (TPSA) is 116 Å². The quantitative estimate of drug-likeness (QED) is 0.210. The van der Waals surface area contributed by atoms with Gasteiger partial charge in [0, 0.05) is 0 Å². The summed E-state index contributed by atoms with van der Waals surface area (Å²) >= 11 is 0. The Hall–Kier alpha value is -2.86. The van der Waals surface area contributed by atoms with Gasteiger partial charge in [0.25, 0.3) is 0 Å². The van der Waals surface area contributed by atoms with Crippen molar-refractivity contribution in [1.82, 2.24) is 0 Å². The zero-order chi connectivity index (χ0) is 27.5. The lowest BCUT2D eigenvalue weighted by Gasteiger charge is -2.45. The van der Waals surface area contributed by atoms with Crippen molar-refractivity contribution < 1.29 is 43.7 Å². The lowest BCUT2D eigenvalue weighted by atomic mass is 9.84. The lowest BCUT2D eigenvalue weighted by molar-refractivity contribution is -0.283. The Kier molecular flexibility index (Phi) is 11.3. The number of ether oxygens (including phenoxy) is 6. The van der Waals surface area contributed by atoms with Gasteiger partial charge in [-0.15, -0.1) is 0 Å². The molecule has 0 amide bonds. The maximum atomic E-state index is 10.8. The lowest BCUT2D eigenvalue weighted by Crippen LogP contribution is -2.65. The highest BCUT2D eigenvalue weighted by molar-refractivity contribution is 5.26. The minimum absolute atomic E-state index is 0.139. The van der Waals surface area contributed by atoms with Gasteiger partial charge in [-0.05, 0) is 28.8 Å². The summed E-state index contributed by atoms with van der Waals surface area (Å²) in [4.78, 5) is 0. The number of benzene rings is 3. The van der Waals surface area contributed by atoms with Crippen LogP contribution in [-0.2, 0) is 43.5 Å². The van der Waals surface area contributed by atoms with Gasteiger partial charge in [-0.3, -0.25) is 0 Å². The molecule has 3 aromatic carbocycles. The molecule has 0 spiro atoms. The van der Waals surface area contributed by atoms with Gasteiger partial charge in [0.05, 0.1) is 26.9 Å². The van der Waals surface area contributed by atoms with Crippen molar-refractivity contribution in [3.63, 3.8) is 0 Å². The fourth-order valence-corrected chi connectivity index (χ4v) is 4.38. The zero-order valence-electron chi connectivity index (χ0n) is 21.9. The second kappa shape index (κ2) is 15.1. The molecule has 9 nitrogen and oxygen atoms in total. The normalized spacial score (nSPS) is 24.9. The first-order chi connectivity index (χ1) is 19.1. The Morgan fingerprint density at radius 3 is 1.44 bits per heavy atom. The van der Waals surface area contributed by atoms with Crippen molar-refractivity contribution >= 4 is 0 Å². The SMILES string of the molecule is COc1ccc(COC2[C@H](OCOCc3ccccc3)[C@H](O)C(O)[C@H](O)[C@H]2OCOCc2ccccc2)cc1. The summed E-state index contributed by atoms with van der Waals surface area (Å²) < 4.78 is 34.4. The van der Waals surface area contributed by atoms with E-state index in [1.807, 2.05) is 84.9 Å².